The predicted molar refractivity (Wildman–Crippen MR) is 75.3 cm³/mol. The Bertz CT molecular complexity index is 497. The second-order valence-electron chi connectivity index (χ2n) is 4.13. The van der Waals surface area contributed by atoms with Gasteiger partial charge in [0.1, 0.15) is 5.76 Å². The molecule has 0 aliphatic rings. The van der Waals surface area contributed by atoms with E-state index in [1.165, 1.54) is 0 Å². The Kier molecular flexibility index (Phi) is 4.70. The lowest BCUT2D eigenvalue weighted by Crippen LogP contribution is -2.17. The van der Waals surface area contributed by atoms with Gasteiger partial charge in [-0.1, -0.05) is 29.3 Å². The summed E-state index contributed by atoms with van der Waals surface area (Å²) >= 11 is 12.0. The van der Waals surface area contributed by atoms with E-state index in [0.29, 0.717) is 10.0 Å². The van der Waals surface area contributed by atoms with Crippen molar-refractivity contribution >= 4 is 23.2 Å². The van der Waals surface area contributed by atoms with Crippen molar-refractivity contribution in [1.29, 1.82) is 0 Å². The first-order valence-corrected chi connectivity index (χ1v) is 6.61. The van der Waals surface area contributed by atoms with Crippen molar-refractivity contribution in [2.45, 2.75) is 18.9 Å². The SMILES string of the molecule is CNC(CCc1ccco1)c1ccc(Cl)c(Cl)c1. The van der Waals surface area contributed by atoms with Crippen LogP contribution in [0, 0.1) is 0 Å². The number of hydrogen-bond donors (Lipinski definition) is 1. The molecule has 0 aliphatic carbocycles. The molecule has 1 N–H and O–H groups in total. The fourth-order valence-electron chi connectivity index (χ4n) is 1.95. The Labute approximate surface area is 117 Å². The molecule has 0 aliphatic heterocycles. The lowest BCUT2D eigenvalue weighted by atomic mass is 10.0. The van der Waals surface area contributed by atoms with E-state index >= 15 is 0 Å². The minimum atomic E-state index is 0.241. The van der Waals surface area contributed by atoms with E-state index in [-0.39, 0.29) is 6.04 Å². The Morgan fingerprint density at radius 3 is 2.67 bits per heavy atom. The predicted octanol–water partition coefficient (Wildman–Crippen LogP) is 4.48. The van der Waals surface area contributed by atoms with Crippen LogP contribution in [0.3, 0.4) is 0 Å². The Hall–Kier alpha value is -0.960. The van der Waals surface area contributed by atoms with E-state index in [0.717, 1.165) is 24.2 Å². The highest BCUT2D eigenvalue weighted by Gasteiger charge is 2.11. The molecule has 96 valence electrons. The first-order valence-electron chi connectivity index (χ1n) is 5.85. The average molecular weight is 284 g/mol. The zero-order valence-corrected chi connectivity index (χ0v) is 11.6. The molecule has 0 amide bonds. The van der Waals surface area contributed by atoms with E-state index in [4.69, 9.17) is 27.6 Å². The van der Waals surface area contributed by atoms with Crippen molar-refractivity contribution in [1.82, 2.24) is 5.32 Å². The van der Waals surface area contributed by atoms with Gasteiger partial charge in [0.05, 0.1) is 16.3 Å². The van der Waals surface area contributed by atoms with Gasteiger partial charge in [-0.15, -0.1) is 0 Å². The average Bonchev–Trinajstić information content (AvgIpc) is 2.87. The third-order valence-electron chi connectivity index (χ3n) is 2.95. The summed E-state index contributed by atoms with van der Waals surface area (Å²) in [6, 6.07) is 9.87. The third-order valence-corrected chi connectivity index (χ3v) is 3.69. The van der Waals surface area contributed by atoms with Crippen LogP contribution in [0.1, 0.15) is 23.8 Å². The molecular formula is C14H15Cl2NO. The molecule has 0 saturated heterocycles. The van der Waals surface area contributed by atoms with Gasteiger partial charge in [0.15, 0.2) is 0 Å². The molecule has 1 atom stereocenters. The van der Waals surface area contributed by atoms with Crippen molar-refractivity contribution < 1.29 is 4.42 Å². The Morgan fingerprint density at radius 1 is 1.22 bits per heavy atom. The second-order valence-corrected chi connectivity index (χ2v) is 4.95. The van der Waals surface area contributed by atoms with Crippen LogP contribution in [0.2, 0.25) is 10.0 Å². The summed E-state index contributed by atoms with van der Waals surface area (Å²) < 4.78 is 5.33. The molecule has 18 heavy (non-hydrogen) atoms. The van der Waals surface area contributed by atoms with E-state index in [9.17, 15) is 0 Å². The van der Waals surface area contributed by atoms with Gasteiger partial charge >= 0.3 is 0 Å². The quantitative estimate of drug-likeness (QED) is 0.875. The van der Waals surface area contributed by atoms with Crippen LogP contribution >= 0.6 is 23.2 Å². The smallest absolute Gasteiger partial charge is 0.103 e. The van der Waals surface area contributed by atoms with Gasteiger partial charge in [-0.25, -0.2) is 0 Å². The van der Waals surface area contributed by atoms with E-state index in [2.05, 4.69) is 5.32 Å². The van der Waals surface area contributed by atoms with E-state index in [1.807, 2.05) is 37.4 Å². The van der Waals surface area contributed by atoms with Crippen molar-refractivity contribution in [3.8, 4) is 0 Å². The van der Waals surface area contributed by atoms with Crippen LogP contribution in [-0.2, 0) is 6.42 Å². The van der Waals surface area contributed by atoms with Gasteiger partial charge in [0.2, 0.25) is 0 Å². The van der Waals surface area contributed by atoms with Crippen LogP contribution in [0.5, 0.6) is 0 Å². The Balaban J connectivity index is 2.05. The highest BCUT2D eigenvalue weighted by Crippen LogP contribution is 2.27. The molecule has 1 unspecified atom stereocenters. The van der Waals surface area contributed by atoms with Gasteiger partial charge < -0.3 is 9.73 Å². The molecule has 2 rings (SSSR count). The van der Waals surface area contributed by atoms with Crippen LogP contribution in [-0.4, -0.2) is 7.05 Å². The van der Waals surface area contributed by atoms with E-state index < -0.39 is 0 Å². The maximum Gasteiger partial charge on any atom is 0.103 e. The van der Waals surface area contributed by atoms with Crippen molar-refractivity contribution in [3.63, 3.8) is 0 Å². The van der Waals surface area contributed by atoms with Crippen LogP contribution in [0.4, 0.5) is 0 Å². The molecule has 0 fully saturated rings. The van der Waals surface area contributed by atoms with Crippen molar-refractivity contribution in [2.75, 3.05) is 7.05 Å². The fraction of sp³-hybridized carbons (Fsp3) is 0.286. The Morgan fingerprint density at radius 2 is 2.06 bits per heavy atom. The van der Waals surface area contributed by atoms with Gasteiger partial charge in [0.25, 0.3) is 0 Å². The zero-order valence-electron chi connectivity index (χ0n) is 10.1. The second kappa shape index (κ2) is 6.28. The normalized spacial score (nSPS) is 12.6. The topological polar surface area (TPSA) is 25.2 Å². The van der Waals surface area contributed by atoms with Gasteiger partial charge in [-0.3, -0.25) is 0 Å². The zero-order chi connectivity index (χ0) is 13.0. The lowest BCUT2D eigenvalue weighted by molar-refractivity contribution is 0.469. The molecule has 1 aromatic heterocycles. The first-order chi connectivity index (χ1) is 8.70. The molecule has 2 aromatic rings. The molecule has 1 heterocycles. The number of halogens is 2. The molecular weight excluding hydrogens is 269 g/mol. The maximum absolute atomic E-state index is 6.04. The largest absolute Gasteiger partial charge is 0.469 e. The van der Waals surface area contributed by atoms with Crippen LogP contribution in [0.15, 0.2) is 41.0 Å². The van der Waals surface area contributed by atoms with Gasteiger partial charge in [0, 0.05) is 12.5 Å². The molecule has 2 nitrogen and oxygen atoms in total. The molecule has 4 heteroatoms. The highest BCUT2D eigenvalue weighted by molar-refractivity contribution is 6.42. The molecule has 1 aromatic carbocycles. The molecule has 0 bridgehead atoms. The first kappa shape index (κ1) is 13.5. The minimum absolute atomic E-state index is 0.241. The van der Waals surface area contributed by atoms with Crippen molar-refractivity contribution in [2.24, 2.45) is 0 Å². The summed E-state index contributed by atoms with van der Waals surface area (Å²) in [7, 11) is 1.94. The summed E-state index contributed by atoms with van der Waals surface area (Å²) in [6.45, 7) is 0. The lowest BCUT2D eigenvalue weighted by Gasteiger charge is -2.16. The standard InChI is InChI=1S/C14H15Cl2NO/c1-17-14(7-5-11-3-2-8-18-11)10-4-6-12(15)13(16)9-10/h2-4,6,8-9,14,17H,5,7H2,1H3. The minimum Gasteiger partial charge on any atom is -0.469 e. The van der Waals surface area contributed by atoms with E-state index in [1.54, 1.807) is 6.26 Å². The van der Waals surface area contributed by atoms with Gasteiger partial charge in [-0.2, -0.15) is 0 Å². The fourth-order valence-corrected chi connectivity index (χ4v) is 2.25. The molecule has 0 radical (unpaired) electrons. The number of rotatable bonds is 5. The number of aryl methyl sites for hydroxylation is 1. The van der Waals surface area contributed by atoms with Gasteiger partial charge in [-0.05, 0) is 43.3 Å². The summed E-state index contributed by atoms with van der Waals surface area (Å²) in [5.41, 5.74) is 1.14. The number of hydrogen-bond acceptors (Lipinski definition) is 2. The maximum atomic E-state index is 6.04. The summed E-state index contributed by atoms with van der Waals surface area (Å²) in [5.74, 6) is 0.996. The highest BCUT2D eigenvalue weighted by atomic mass is 35.5. The number of furan rings is 1. The number of nitrogens with one attached hydrogen (secondary N) is 1. The van der Waals surface area contributed by atoms with Crippen molar-refractivity contribution in [3.05, 3.63) is 58.0 Å². The summed E-state index contributed by atoms with van der Waals surface area (Å²) in [5, 5.41) is 4.46. The summed E-state index contributed by atoms with van der Waals surface area (Å²) in [6.07, 6.45) is 3.53. The molecule has 0 saturated carbocycles. The van der Waals surface area contributed by atoms with Crippen LogP contribution < -0.4 is 5.32 Å². The third kappa shape index (κ3) is 3.29. The monoisotopic (exact) mass is 283 g/mol. The van der Waals surface area contributed by atoms with Crippen LogP contribution in [0.25, 0.3) is 0 Å². The number of benzene rings is 1. The summed E-state index contributed by atoms with van der Waals surface area (Å²) in [4.78, 5) is 0. The molecule has 0 spiro atoms.